The van der Waals surface area contributed by atoms with Crippen LogP contribution in [0.25, 0.3) is 15.9 Å². The van der Waals surface area contributed by atoms with E-state index in [1.54, 1.807) is 6.20 Å². The maximum Gasteiger partial charge on any atom is 0.272 e. The van der Waals surface area contributed by atoms with E-state index in [2.05, 4.69) is 54.5 Å². The number of aliphatic imine (C=N–C) groups is 1. The summed E-state index contributed by atoms with van der Waals surface area (Å²) >= 11 is 0. The van der Waals surface area contributed by atoms with Gasteiger partial charge in [0.25, 0.3) is 6.04 Å². The maximum atomic E-state index is 8.11. The van der Waals surface area contributed by atoms with Crippen molar-refractivity contribution in [1.82, 2.24) is 20.5 Å². The van der Waals surface area contributed by atoms with E-state index >= 15 is 0 Å². The highest BCUT2D eigenvalue weighted by atomic mass is 16.6. The van der Waals surface area contributed by atoms with Gasteiger partial charge in [-0.05, 0) is 46.9 Å². The summed E-state index contributed by atoms with van der Waals surface area (Å²) in [7, 11) is 0. The number of piperidine rings is 1. The van der Waals surface area contributed by atoms with Gasteiger partial charge in [0.15, 0.2) is 5.82 Å². The summed E-state index contributed by atoms with van der Waals surface area (Å²) < 4.78 is 5.00. The van der Waals surface area contributed by atoms with Crippen molar-refractivity contribution in [3.8, 4) is 0 Å². The lowest BCUT2D eigenvalue weighted by atomic mass is 9.76. The first-order chi connectivity index (χ1) is 15.8. The molecule has 32 heavy (non-hydrogen) atoms. The van der Waals surface area contributed by atoms with Gasteiger partial charge in [-0.15, -0.1) is 0 Å². The first-order valence-electron chi connectivity index (χ1n) is 10.8. The van der Waals surface area contributed by atoms with Gasteiger partial charge in [0.05, 0.1) is 12.1 Å². The second kappa shape index (κ2) is 7.61. The summed E-state index contributed by atoms with van der Waals surface area (Å²) in [6.07, 6.45) is 3.71. The molecule has 1 N–H and O–H groups in total. The standard InChI is InChI=1S/C24H21N7O/c1-25-23-20(17-8-5-9-19-22(17)30-32-29-19)18-14-26-28-24(18)27-21(23)15-10-12-31(13-11-15)16-6-3-2-4-7-16/h2-9,14-15,20,23H,10-13H2,(H,26,28). The van der Waals surface area contributed by atoms with Gasteiger partial charge < -0.3 is 9.74 Å². The molecular formula is C24H21N7O. The van der Waals surface area contributed by atoms with Crippen LogP contribution >= 0.6 is 0 Å². The van der Waals surface area contributed by atoms with Crippen molar-refractivity contribution in [2.45, 2.75) is 24.8 Å². The number of hydrogen-bond acceptors (Lipinski definition) is 6. The number of aromatic nitrogens is 4. The molecule has 6 rings (SSSR count). The molecule has 8 nitrogen and oxygen atoms in total. The molecule has 0 bridgehead atoms. The van der Waals surface area contributed by atoms with E-state index in [1.807, 2.05) is 24.3 Å². The summed E-state index contributed by atoms with van der Waals surface area (Å²) in [5.74, 6) is 0.781. The summed E-state index contributed by atoms with van der Waals surface area (Å²) in [5, 5.41) is 15.4. The Bertz CT molecular complexity index is 1330. The van der Waals surface area contributed by atoms with Crippen molar-refractivity contribution in [2.24, 2.45) is 10.9 Å². The van der Waals surface area contributed by atoms with Crippen LogP contribution in [0.3, 0.4) is 0 Å². The quantitative estimate of drug-likeness (QED) is 0.495. The van der Waals surface area contributed by atoms with Gasteiger partial charge in [-0.3, -0.25) is 5.10 Å². The van der Waals surface area contributed by atoms with Crippen LogP contribution < -0.4 is 4.90 Å². The number of rotatable bonds is 3. The molecule has 0 radical (unpaired) electrons. The van der Waals surface area contributed by atoms with E-state index in [-0.39, 0.29) is 11.8 Å². The fraction of sp³-hybridized carbons (Fsp3) is 0.292. The van der Waals surface area contributed by atoms with Gasteiger partial charge in [0.2, 0.25) is 0 Å². The molecule has 0 amide bonds. The molecule has 0 spiro atoms. The molecule has 158 valence electrons. The summed E-state index contributed by atoms with van der Waals surface area (Å²) in [5.41, 5.74) is 5.43. The monoisotopic (exact) mass is 423 g/mol. The minimum Gasteiger partial charge on any atom is -0.371 e. The fourth-order valence-corrected chi connectivity index (χ4v) is 5.10. The lowest BCUT2D eigenvalue weighted by Gasteiger charge is -2.36. The Morgan fingerprint density at radius 3 is 2.66 bits per heavy atom. The van der Waals surface area contributed by atoms with E-state index in [4.69, 9.17) is 16.2 Å². The van der Waals surface area contributed by atoms with E-state index in [0.717, 1.165) is 48.6 Å². The molecular weight excluding hydrogens is 402 g/mol. The van der Waals surface area contributed by atoms with Crippen LogP contribution in [-0.4, -0.2) is 45.4 Å². The third kappa shape index (κ3) is 2.97. The number of anilines is 1. The number of para-hydroxylation sites is 1. The Morgan fingerprint density at radius 1 is 1.00 bits per heavy atom. The average Bonchev–Trinajstić information content (AvgIpc) is 3.53. The zero-order valence-corrected chi connectivity index (χ0v) is 17.3. The van der Waals surface area contributed by atoms with Crippen LogP contribution in [0.5, 0.6) is 0 Å². The van der Waals surface area contributed by atoms with Gasteiger partial charge in [0.1, 0.15) is 16.7 Å². The molecule has 2 unspecified atom stereocenters. The highest BCUT2D eigenvalue weighted by molar-refractivity contribution is 5.99. The van der Waals surface area contributed by atoms with Crippen LogP contribution in [0.4, 0.5) is 11.5 Å². The van der Waals surface area contributed by atoms with E-state index in [1.165, 1.54) is 5.69 Å². The summed E-state index contributed by atoms with van der Waals surface area (Å²) in [6, 6.07) is 15.9. The summed E-state index contributed by atoms with van der Waals surface area (Å²) in [4.78, 5) is 11.4. The number of fused-ring (bicyclic) bond motifs is 2. The van der Waals surface area contributed by atoms with E-state index < -0.39 is 6.04 Å². The van der Waals surface area contributed by atoms with Crippen LogP contribution in [0.15, 0.2) is 64.3 Å². The van der Waals surface area contributed by atoms with Crippen molar-refractivity contribution < 1.29 is 4.63 Å². The third-order valence-corrected chi connectivity index (χ3v) is 6.67. The van der Waals surface area contributed by atoms with Gasteiger partial charge in [-0.2, -0.15) is 5.10 Å². The first-order valence-corrected chi connectivity index (χ1v) is 10.8. The van der Waals surface area contributed by atoms with Gasteiger partial charge >= 0.3 is 0 Å². The Balaban J connectivity index is 1.35. The average molecular weight is 423 g/mol. The fourth-order valence-electron chi connectivity index (χ4n) is 5.10. The molecule has 0 saturated carbocycles. The van der Waals surface area contributed by atoms with Crippen LogP contribution in [0.2, 0.25) is 0 Å². The third-order valence-electron chi connectivity index (χ3n) is 6.67. The Morgan fingerprint density at radius 2 is 1.84 bits per heavy atom. The number of aromatic amines is 1. The molecule has 8 heteroatoms. The Kier molecular flexibility index (Phi) is 4.46. The van der Waals surface area contributed by atoms with Gasteiger partial charge in [-0.1, -0.05) is 30.3 Å². The van der Waals surface area contributed by atoms with Gasteiger partial charge in [0, 0.05) is 30.3 Å². The predicted molar refractivity (Wildman–Crippen MR) is 121 cm³/mol. The highest BCUT2D eigenvalue weighted by Gasteiger charge is 2.44. The minimum absolute atomic E-state index is 0.212. The molecule has 1 saturated heterocycles. The molecule has 4 heterocycles. The minimum atomic E-state index is -0.407. The number of H-pyrrole nitrogens is 1. The van der Waals surface area contributed by atoms with Crippen molar-refractivity contribution in [3.05, 3.63) is 77.3 Å². The van der Waals surface area contributed by atoms with Crippen molar-refractivity contribution >= 4 is 28.3 Å². The van der Waals surface area contributed by atoms with Crippen molar-refractivity contribution in [2.75, 3.05) is 18.0 Å². The van der Waals surface area contributed by atoms with Crippen molar-refractivity contribution in [1.29, 1.82) is 0 Å². The normalized spacial score (nSPS) is 21.2. The molecule has 2 atom stereocenters. The Labute approximate surface area is 184 Å². The Hall–Kier alpha value is -3.99. The smallest absolute Gasteiger partial charge is 0.272 e. The topological polar surface area (TPSA) is 87.6 Å². The largest absolute Gasteiger partial charge is 0.371 e. The predicted octanol–water partition coefficient (Wildman–Crippen LogP) is 4.37. The van der Waals surface area contributed by atoms with Crippen molar-refractivity contribution in [3.63, 3.8) is 0 Å². The highest BCUT2D eigenvalue weighted by Crippen LogP contribution is 2.43. The van der Waals surface area contributed by atoms with Gasteiger partial charge in [-0.25, -0.2) is 16.2 Å². The molecule has 1 fully saturated rings. The lowest BCUT2D eigenvalue weighted by Crippen LogP contribution is -2.41. The second-order valence-electron chi connectivity index (χ2n) is 8.34. The summed E-state index contributed by atoms with van der Waals surface area (Å²) in [6.45, 7) is 10.0. The zero-order chi connectivity index (χ0) is 21.5. The van der Waals surface area contributed by atoms with Crippen LogP contribution in [0, 0.1) is 12.5 Å². The molecule has 0 aliphatic carbocycles. The number of nitrogens with zero attached hydrogens (tertiary/aromatic N) is 6. The number of hydrogen-bond donors (Lipinski definition) is 1. The number of benzene rings is 2. The SMILES string of the molecule is [C-]#[N+]C1C(C2CCN(c3ccccc3)CC2)=Nc2[nH]ncc2C1c1cccc2nonc12. The lowest BCUT2D eigenvalue weighted by molar-refractivity contribution is 0.315. The molecule has 2 aromatic carbocycles. The molecule has 4 aromatic rings. The maximum absolute atomic E-state index is 8.11. The zero-order valence-electron chi connectivity index (χ0n) is 17.3. The molecule has 2 aliphatic heterocycles. The van der Waals surface area contributed by atoms with Crippen LogP contribution in [-0.2, 0) is 0 Å². The van der Waals surface area contributed by atoms with Crippen LogP contribution in [0.1, 0.15) is 29.9 Å². The molecule has 2 aromatic heterocycles. The first kappa shape index (κ1) is 18.8. The molecule has 2 aliphatic rings. The second-order valence-corrected chi connectivity index (χ2v) is 8.34. The van der Waals surface area contributed by atoms with E-state index in [0.29, 0.717) is 11.0 Å². The number of nitrogens with one attached hydrogen (secondary N) is 1. The van der Waals surface area contributed by atoms with E-state index in [9.17, 15) is 0 Å².